The van der Waals surface area contributed by atoms with E-state index in [0.717, 1.165) is 30.5 Å². The predicted molar refractivity (Wildman–Crippen MR) is 90.8 cm³/mol. The van der Waals surface area contributed by atoms with Crippen molar-refractivity contribution in [3.8, 4) is 0 Å². The molecular weight excluding hydrogens is 314 g/mol. The van der Waals surface area contributed by atoms with Crippen LogP contribution in [0.1, 0.15) is 51.0 Å². The van der Waals surface area contributed by atoms with Crippen LogP contribution < -0.4 is 4.90 Å². The first kappa shape index (κ1) is 16.7. The number of carbonyl (C=O) groups excluding carboxylic acids is 1. The lowest BCUT2D eigenvalue weighted by atomic mass is 10.1. The second-order valence-electron chi connectivity index (χ2n) is 6.17. The molecule has 0 atom stereocenters. The van der Waals surface area contributed by atoms with Crippen LogP contribution >= 0.6 is 11.6 Å². The van der Waals surface area contributed by atoms with Crippen molar-refractivity contribution in [2.45, 2.75) is 51.2 Å². The van der Waals surface area contributed by atoms with Crippen molar-refractivity contribution in [3.05, 3.63) is 28.8 Å². The average molecular weight is 338 g/mol. The van der Waals surface area contributed by atoms with E-state index in [-0.39, 0.29) is 5.91 Å². The molecule has 0 aromatic heterocycles. The first-order valence-corrected chi connectivity index (χ1v) is 8.97. The van der Waals surface area contributed by atoms with Crippen LogP contribution in [0.25, 0.3) is 0 Å². The van der Waals surface area contributed by atoms with Crippen molar-refractivity contribution in [1.82, 2.24) is 0 Å². The Bertz CT molecular complexity index is 569. The molecule has 1 saturated heterocycles. The van der Waals surface area contributed by atoms with Gasteiger partial charge < -0.3 is 14.4 Å². The number of unbranched alkanes of at least 4 members (excludes halogenated alkanes) is 4. The summed E-state index contributed by atoms with van der Waals surface area (Å²) in [6.45, 7) is 3.92. The van der Waals surface area contributed by atoms with Gasteiger partial charge in [-0.25, -0.2) is 0 Å². The molecule has 4 nitrogen and oxygen atoms in total. The molecule has 5 heteroatoms. The van der Waals surface area contributed by atoms with Gasteiger partial charge in [-0.1, -0.05) is 56.3 Å². The topological polar surface area (TPSA) is 38.8 Å². The van der Waals surface area contributed by atoms with E-state index in [4.69, 9.17) is 21.1 Å². The Morgan fingerprint density at radius 3 is 2.65 bits per heavy atom. The first-order chi connectivity index (χ1) is 11.2. The van der Waals surface area contributed by atoms with Gasteiger partial charge in [0.1, 0.15) is 0 Å². The Morgan fingerprint density at radius 1 is 1.17 bits per heavy atom. The second kappa shape index (κ2) is 7.20. The molecule has 0 saturated carbocycles. The highest BCUT2D eigenvalue weighted by atomic mass is 35.5. The van der Waals surface area contributed by atoms with Crippen LogP contribution in [0.15, 0.2) is 18.2 Å². The highest BCUT2D eigenvalue weighted by Gasteiger charge is 2.55. The molecule has 0 radical (unpaired) electrons. The number of rotatable bonds is 6. The van der Waals surface area contributed by atoms with Crippen LogP contribution in [0, 0.1) is 0 Å². The number of ether oxygens (including phenoxy) is 2. The Morgan fingerprint density at radius 2 is 1.91 bits per heavy atom. The molecule has 0 N–H and O–H groups in total. The summed E-state index contributed by atoms with van der Waals surface area (Å²) in [5.74, 6) is -1.40. The van der Waals surface area contributed by atoms with E-state index < -0.39 is 5.79 Å². The number of para-hydroxylation sites is 1. The fourth-order valence-electron chi connectivity index (χ4n) is 3.35. The molecule has 126 valence electrons. The molecule has 1 aromatic rings. The average Bonchev–Trinajstić information content (AvgIpc) is 2.79. The molecule has 1 aromatic carbocycles. The van der Waals surface area contributed by atoms with Gasteiger partial charge in [-0.3, -0.25) is 4.79 Å². The monoisotopic (exact) mass is 337 g/mol. The van der Waals surface area contributed by atoms with E-state index in [1.165, 1.54) is 19.3 Å². The lowest BCUT2D eigenvalue weighted by molar-refractivity contribution is -0.256. The van der Waals surface area contributed by atoms with E-state index in [9.17, 15) is 4.79 Å². The third-order valence-electron chi connectivity index (χ3n) is 4.52. The van der Waals surface area contributed by atoms with Gasteiger partial charge in [-0.2, -0.15) is 0 Å². The molecule has 3 rings (SSSR count). The Labute approximate surface area is 142 Å². The summed E-state index contributed by atoms with van der Waals surface area (Å²) >= 11 is 6.39. The van der Waals surface area contributed by atoms with Gasteiger partial charge in [0.15, 0.2) is 0 Å². The summed E-state index contributed by atoms with van der Waals surface area (Å²) in [4.78, 5) is 14.8. The fraction of sp³-hybridized carbons (Fsp3) is 0.611. The van der Waals surface area contributed by atoms with Gasteiger partial charge in [-0.05, 0) is 18.9 Å². The third-order valence-corrected chi connectivity index (χ3v) is 4.83. The van der Waals surface area contributed by atoms with Crippen LogP contribution in [-0.2, 0) is 20.1 Å². The smallest absolute Gasteiger partial charge is 0.292 e. The normalized spacial score (nSPS) is 19.4. The van der Waals surface area contributed by atoms with E-state index in [2.05, 4.69) is 6.92 Å². The van der Waals surface area contributed by atoms with E-state index in [1.54, 1.807) is 4.90 Å². The lowest BCUT2D eigenvalue weighted by Crippen LogP contribution is -2.47. The largest absolute Gasteiger partial charge is 0.338 e. The second-order valence-corrected chi connectivity index (χ2v) is 6.58. The van der Waals surface area contributed by atoms with Crippen LogP contribution in [0.4, 0.5) is 5.69 Å². The molecule has 2 aliphatic heterocycles. The van der Waals surface area contributed by atoms with Gasteiger partial charge in [0, 0.05) is 12.1 Å². The Balaban J connectivity index is 1.82. The van der Waals surface area contributed by atoms with Crippen molar-refractivity contribution in [3.63, 3.8) is 0 Å². The maximum atomic E-state index is 13.0. The van der Waals surface area contributed by atoms with Crippen molar-refractivity contribution in [2.75, 3.05) is 24.7 Å². The summed E-state index contributed by atoms with van der Waals surface area (Å²) in [5.41, 5.74) is 1.51. The summed E-state index contributed by atoms with van der Waals surface area (Å²) in [6, 6.07) is 5.56. The summed E-state index contributed by atoms with van der Waals surface area (Å²) in [7, 11) is 0. The number of anilines is 1. The zero-order chi connectivity index (χ0) is 16.3. The van der Waals surface area contributed by atoms with Crippen LogP contribution in [0.3, 0.4) is 0 Å². The predicted octanol–water partition coefficient (Wildman–Crippen LogP) is 4.25. The van der Waals surface area contributed by atoms with Crippen LogP contribution in [-0.4, -0.2) is 25.7 Å². The van der Waals surface area contributed by atoms with Crippen molar-refractivity contribution < 1.29 is 14.3 Å². The minimum atomic E-state index is -1.28. The van der Waals surface area contributed by atoms with E-state index in [0.29, 0.717) is 24.8 Å². The molecule has 1 fully saturated rings. The fourth-order valence-corrected chi connectivity index (χ4v) is 3.62. The highest BCUT2D eigenvalue weighted by molar-refractivity contribution is 6.35. The number of nitrogens with zero attached hydrogens (tertiary/aromatic N) is 1. The number of hydrogen-bond acceptors (Lipinski definition) is 3. The van der Waals surface area contributed by atoms with Crippen LogP contribution in [0.2, 0.25) is 5.02 Å². The molecule has 1 amide bonds. The quantitative estimate of drug-likeness (QED) is 0.728. The Kier molecular flexibility index (Phi) is 5.24. The molecule has 2 aliphatic rings. The van der Waals surface area contributed by atoms with Crippen molar-refractivity contribution >= 4 is 23.2 Å². The van der Waals surface area contributed by atoms with E-state index in [1.807, 2.05) is 18.2 Å². The molecule has 0 aliphatic carbocycles. The molecule has 1 spiro atoms. The summed E-state index contributed by atoms with van der Waals surface area (Å²) in [5, 5.41) is 0.582. The lowest BCUT2D eigenvalue weighted by Gasteiger charge is -2.32. The molecule has 2 heterocycles. The van der Waals surface area contributed by atoms with E-state index >= 15 is 0 Å². The summed E-state index contributed by atoms with van der Waals surface area (Å²) in [6.07, 6.45) is 6.54. The zero-order valence-electron chi connectivity index (χ0n) is 13.6. The molecule has 23 heavy (non-hydrogen) atoms. The number of carbonyl (C=O) groups is 1. The van der Waals surface area contributed by atoms with Gasteiger partial charge in [-0.15, -0.1) is 0 Å². The standard InChI is InChI=1S/C18H24ClNO3/c1-2-3-4-5-6-11-20-16-14(9-7-10-15(16)19)18(17(20)21)22-12-8-13-23-18/h7,9-10H,2-6,8,11-13H2,1H3. The minimum absolute atomic E-state index is 0.129. The maximum Gasteiger partial charge on any atom is 0.292 e. The van der Waals surface area contributed by atoms with Gasteiger partial charge in [0.2, 0.25) is 0 Å². The van der Waals surface area contributed by atoms with Crippen LogP contribution in [0.5, 0.6) is 0 Å². The first-order valence-electron chi connectivity index (χ1n) is 8.59. The van der Waals surface area contributed by atoms with Gasteiger partial charge in [0.05, 0.1) is 23.9 Å². The Hall–Kier alpha value is -1.10. The number of benzene rings is 1. The van der Waals surface area contributed by atoms with Gasteiger partial charge >= 0.3 is 0 Å². The molecule has 0 bridgehead atoms. The molecule has 0 unspecified atom stereocenters. The number of halogens is 1. The number of amides is 1. The summed E-state index contributed by atoms with van der Waals surface area (Å²) < 4.78 is 11.6. The van der Waals surface area contributed by atoms with Crippen molar-refractivity contribution in [2.24, 2.45) is 0 Å². The number of fused-ring (bicyclic) bond motifs is 2. The minimum Gasteiger partial charge on any atom is -0.338 e. The van der Waals surface area contributed by atoms with Crippen molar-refractivity contribution in [1.29, 1.82) is 0 Å². The molecular formula is C18H24ClNO3. The van der Waals surface area contributed by atoms with Gasteiger partial charge in [0.25, 0.3) is 11.7 Å². The maximum absolute atomic E-state index is 13.0. The number of hydrogen-bond donors (Lipinski definition) is 0. The highest BCUT2D eigenvalue weighted by Crippen LogP contribution is 2.48. The zero-order valence-corrected chi connectivity index (χ0v) is 14.4. The SMILES string of the molecule is CCCCCCCN1C(=O)C2(OCCCO2)c2cccc(Cl)c21. The third kappa shape index (κ3) is 3.00.